The minimum atomic E-state index is -0.672. The quantitative estimate of drug-likeness (QED) is 0.587. The van der Waals surface area contributed by atoms with Gasteiger partial charge < -0.3 is 10.6 Å². The summed E-state index contributed by atoms with van der Waals surface area (Å²) in [6.07, 6.45) is 7.28. The van der Waals surface area contributed by atoms with Gasteiger partial charge in [-0.3, -0.25) is 14.7 Å². The van der Waals surface area contributed by atoms with Gasteiger partial charge in [0.05, 0.1) is 0 Å². The van der Waals surface area contributed by atoms with Gasteiger partial charge in [0.2, 0.25) is 0 Å². The SMILES string of the molecule is Cc1nc(-c2cccc(NC(=O)C(=O)NC[C@H]3CC=CCC3)c2)n[nH]1. The van der Waals surface area contributed by atoms with E-state index in [2.05, 4.69) is 38.0 Å². The second-order valence-corrected chi connectivity index (χ2v) is 6.14. The number of aromatic nitrogens is 3. The van der Waals surface area contributed by atoms with Gasteiger partial charge in [-0.15, -0.1) is 0 Å². The molecule has 0 radical (unpaired) electrons. The summed E-state index contributed by atoms with van der Waals surface area (Å²) in [5, 5.41) is 12.2. The van der Waals surface area contributed by atoms with E-state index >= 15 is 0 Å². The minimum Gasteiger partial charge on any atom is -0.348 e. The first-order valence-corrected chi connectivity index (χ1v) is 8.35. The largest absolute Gasteiger partial charge is 0.348 e. The van der Waals surface area contributed by atoms with Gasteiger partial charge in [-0.25, -0.2) is 4.98 Å². The molecule has 0 bridgehead atoms. The van der Waals surface area contributed by atoms with E-state index in [-0.39, 0.29) is 0 Å². The van der Waals surface area contributed by atoms with Gasteiger partial charge >= 0.3 is 11.8 Å². The molecule has 0 fully saturated rings. The van der Waals surface area contributed by atoms with Crippen molar-refractivity contribution >= 4 is 17.5 Å². The van der Waals surface area contributed by atoms with Crippen LogP contribution in [0, 0.1) is 12.8 Å². The molecular weight excluding hydrogens is 318 g/mol. The average Bonchev–Trinajstić information content (AvgIpc) is 3.07. The summed E-state index contributed by atoms with van der Waals surface area (Å²) >= 11 is 0. The molecule has 1 atom stereocenters. The van der Waals surface area contributed by atoms with Crippen molar-refractivity contribution in [1.82, 2.24) is 20.5 Å². The molecule has 1 aromatic carbocycles. The fraction of sp³-hybridized carbons (Fsp3) is 0.333. The second kappa shape index (κ2) is 7.74. The van der Waals surface area contributed by atoms with E-state index < -0.39 is 11.8 Å². The number of amides is 2. The molecule has 1 aliphatic rings. The van der Waals surface area contributed by atoms with Crippen molar-refractivity contribution in [3.05, 3.63) is 42.2 Å². The maximum Gasteiger partial charge on any atom is 0.313 e. The molecule has 3 N–H and O–H groups in total. The third-order valence-electron chi connectivity index (χ3n) is 4.11. The zero-order valence-electron chi connectivity index (χ0n) is 14.1. The molecule has 130 valence electrons. The van der Waals surface area contributed by atoms with Crippen molar-refractivity contribution in [2.45, 2.75) is 26.2 Å². The van der Waals surface area contributed by atoms with Crippen LogP contribution in [0.15, 0.2) is 36.4 Å². The van der Waals surface area contributed by atoms with Crippen LogP contribution in [-0.4, -0.2) is 33.5 Å². The van der Waals surface area contributed by atoms with E-state index in [9.17, 15) is 9.59 Å². The van der Waals surface area contributed by atoms with E-state index in [0.29, 0.717) is 29.8 Å². The molecule has 1 aliphatic carbocycles. The third-order valence-corrected chi connectivity index (χ3v) is 4.11. The van der Waals surface area contributed by atoms with Gasteiger partial charge in [-0.1, -0.05) is 24.3 Å². The van der Waals surface area contributed by atoms with Crippen LogP contribution >= 0.6 is 0 Å². The number of rotatable bonds is 4. The van der Waals surface area contributed by atoms with Crippen LogP contribution < -0.4 is 10.6 Å². The number of H-pyrrole nitrogens is 1. The topological polar surface area (TPSA) is 99.8 Å². The van der Waals surface area contributed by atoms with Gasteiger partial charge in [-0.05, 0) is 44.2 Å². The second-order valence-electron chi connectivity index (χ2n) is 6.14. The van der Waals surface area contributed by atoms with Gasteiger partial charge in [-0.2, -0.15) is 5.10 Å². The Morgan fingerprint density at radius 1 is 1.28 bits per heavy atom. The van der Waals surface area contributed by atoms with Crippen LogP contribution in [0.1, 0.15) is 25.1 Å². The summed E-state index contributed by atoms with van der Waals surface area (Å²) in [5.41, 5.74) is 1.29. The molecule has 7 heteroatoms. The molecule has 7 nitrogen and oxygen atoms in total. The van der Waals surface area contributed by atoms with Gasteiger partial charge in [0.1, 0.15) is 5.82 Å². The van der Waals surface area contributed by atoms with Crippen molar-refractivity contribution < 1.29 is 9.59 Å². The Kier molecular flexibility index (Phi) is 5.23. The summed E-state index contributed by atoms with van der Waals surface area (Å²) in [6.45, 7) is 2.33. The normalized spacial score (nSPS) is 16.4. The predicted molar refractivity (Wildman–Crippen MR) is 94.7 cm³/mol. The first-order valence-electron chi connectivity index (χ1n) is 8.35. The number of hydrogen-bond donors (Lipinski definition) is 3. The van der Waals surface area contributed by atoms with E-state index in [1.807, 2.05) is 13.0 Å². The van der Waals surface area contributed by atoms with Crippen LogP contribution in [0.5, 0.6) is 0 Å². The molecule has 25 heavy (non-hydrogen) atoms. The molecule has 0 spiro atoms. The number of allylic oxidation sites excluding steroid dienone is 2. The molecule has 2 aromatic rings. The molecular formula is C18H21N5O2. The molecule has 1 aromatic heterocycles. The predicted octanol–water partition coefficient (Wildman–Crippen LogP) is 2.19. The highest BCUT2D eigenvalue weighted by atomic mass is 16.2. The molecule has 0 saturated heterocycles. The Balaban J connectivity index is 1.56. The third kappa shape index (κ3) is 4.53. The standard InChI is InChI=1S/C18H21N5O2/c1-12-20-16(23-22-12)14-8-5-9-15(10-14)21-18(25)17(24)19-11-13-6-3-2-4-7-13/h2-3,5,8-10,13H,4,6-7,11H2,1H3,(H,19,24)(H,21,25)(H,20,22,23)/t13-/m0/s1. The molecule has 0 aliphatic heterocycles. The van der Waals surface area contributed by atoms with Crippen molar-refractivity contribution in [1.29, 1.82) is 0 Å². The smallest absolute Gasteiger partial charge is 0.313 e. The van der Waals surface area contributed by atoms with Gasteiger partial charge in [0.15, 0.2) is 5.82 Å². The summed E-state index contributed by atoms with van der Waals surface area (Å²) in [4.78, 5) is 28.3. The minimum absolute atomic E-state index is 0.402. The van der Waals surface area contributed by atoms with Gasteiger partial charge in [0.25, 0.3) is 0 Å². The molecule has 0 unspecified atom stereocenters. The summed E-state index contributed by atoms with van der Waals surface area (Å²) < 4.78 is 0. The van der Waals surface area contributed by atoms with Crippen molar-refractivity contribution in [3.8, 4) is 11.4 Å². The fourth-order valence-electron chi connectivity index (χ4n) is 2.75. The van der Waals surface area contributed by atoms with Crippen molar-refractivity contribution in [2.24, 2.45) is 5.92 Å². The highest BCUT2D eigenvalue weighted by molar-refractivity contribution is 6.39. The first-order chi connectivity index (χ1) is 12.1. The summed E-state index contributed by atoms with van der Waals surface area (Å²) in [5.74, 6) is 0.368. The highest BCUT2D eigenvalue weighted by Gasteiger charge is 2.17. The van der Waals surface area contributed by atoms with E-state index in [4.69, 9.17) is 0 Å². The zero-order valence-corrected chi connectivity index (χ0v) is 14.1. The maximum absolute atomic E-state index is 12.1. The molecule has 3 rings (SSSR count). The summed E-state index contributed by atoms with van der Waals surface area (Å²) in [7, 11) is 0. The number of aromatic amines is 1. The molecule has 1 heterocycles. The number of nitrogens with zero attached hydrogens (tertiary/aromatic N) is 2. The number of carbonyl (C=O) groups is 2. The Hall–Kier alpha value is -2.96. The molecule has 2 amide bonds. The van der Waals surface area contributed by atoms with E-state index in [0.717, 1.165) is 24.8 Å². The lowest BCUT2D eigenvalue weighted by Gasteiger charge is -2.17. The van der Waals surface area contributed by atoms with Crippen LogP contribution in [0.3, 0.4) is 0 Å². The summed E-state index contributed by atoms with van der Waals surface area (Å²) in [6, 6.07) is 7.08. The monoisotopic (exact) mass is 339 g/mol. The lowest BCUT2D eigenvalue weighted by atomic mass is 9.94. The number of anilines is 1. The van der Waals surface area contributed by atoms with Crippen molar-refractivity contribution in [3.63, 3.8) is 0 Å². The number of aryl methyl sites for hydroxylation is 1. The molecule has 0 saturated carbocycles. The average molecular weight is 339 g/mol. The lowest BCUT2D eigenvalue weighted by Crippen LogP contribution is -2.38. The van der Waals surface area contributed by atoms with Gasteiger partial charge in [0, 0.05) is 17.8 Å². The number of carbonyl (C=O) groups excluding carboxylic acids is 2. The Bertz CT molecular complexity index is 796. The lowest BCUT2D eigenvalue weighted by molar-refractivity contribution is -0.136. The Labute approximate surface area is 145 Å². The number of hydrogen-bond acceptors (Lipinski definition) is 4. The van der Waals surface area contributed by atoms with Crippen LogP contribution in [0.25, 0.3) is 11.4 Å². The van der Waals surface area contributed by atoms with E-state index in [1.165, 1.54) is 0 Å². The first kappa shape index (κ1) is 16.9. The Morgan fingerprint density at radius 3 is 2.88 bits per heavy atom. The van der Waals surface area contributed by atoms with Crippen LogP contribution in [-0.2, 0) is 9.59 Å². The Morgan fingerprint density at radius 2 is 2.16 bits per heavy atom. The number of nitrogens with one attached hydrogen (secondary N) is 3. The fourth-order valence-corrected chi connectivity index (χ4v) is 2.75. The van der Waals surface area contributed by atoms with Crippen LogP contribution in [0.4, 0.5) is 5.69 Å². The highest BCUT2D eigenvalue weighted by Crippen LogP contribution is 2.19. The maximum atomic E-state index is 12.1. The van der Waals surface area contributed by atoms with Crippen molar-refractivity contribution in [2.75, 3.05) is 11.9 Å². The van der Waals surface area contributed by atoms with E-state index in [1.54, 1.807) is 18.2 Å². The zero-order chi connectivity index (χ0) is 17.6. The number of benzene rings is 1. The van der Waals surface area contributed by atoms with Crippen LogP contribution in [0.2, 0.25) is 0 Å².